The average Bonchev–Trinajstić information content (AvgIpc) is 3.09. The number of carbonyl (C=O) groups excluding carboxylic acids is 3. The molecule has 3 heterocycles. The average molecular weight is 371 g/mol. The normalized spacial score (nSPS) is 18.6. The molecule has 1 aliphatic heterocycles. The second kappa shape index (κ2) is 5.73. The molecule has 0 bridgehead atoms. The number of H-pyrrole nitrogens is 2. The molecule has 0 aromatic carbocycles. The minimum atomic E-state index is -2.26. The van der Waals surface area contributed by atoms with E-state index in [1.165, 1.54) is 6.33 Å². The first-order chi connectivity index (χ1) is 11.9. The number of imidazole rings is 1. The number of rotatable bonds is 4. The molecule has 0 aliphatic carbocycles. The van der Waals surface area contributed by atoms with E-state index in [-0.39, 0.29) is 17.1 Å². The number of hydrogen-bond acceptors (Lipinski definition) is 9. The van der Waals surface area contributed by atoms with Crippen LogP contribution >= 0.6 is 11.6 Å². The number of aromatic nitrogens is 4. The van der Waals surface area contributed by atoms with E-state index in [1.807, 2.05) is 0 Å². The van der Waals surface area contributed by atoms with E-state index in [4.69, 9.17) is 11.6 Å². The van der Waals surface area contributed by atoms with E-state index >= 15 is 0 Å². The molecule has 2 aromatic rings. The SMILES string of the molecule is COC(=O)C1(C(=O)OC)C(Cl)C(=O)N1Nc1nc2nc[nH]c2c(=O)[nH]1. The number of methoxy groups -OCH3 is 2. The van der Waals surface area contributed by atoms with Crippen molar-refractivity contribution in [3.8, 4) is 0 Å². The number of anilines is 1. The van der Waals surface area contributed by atoms with Gasteiger partial charge in [-0.1, -0.05) is 0 Å². The van der Waals surface area contributed by atoms with E-state index in [0.717, 1.165) is 14.2 Å². The van der Waals surface area contributed by atoms with Gasteiger partial charge in [0.05, 0.1) is 20.5 Å². The summed E-state index contributed by atoms with van der Waals surface area (Å²) in [5.41, 5.74) is -0.292. The smallest absolute Gasteiger partial charge is 0.347 e. The molecule has 0 saturated carbocycles. The van der Waals surface area contributed by atoms with E-state index < -0.39 is 34.3 Å². The van der Waals surface area contributed by atoms with Gasteiger partial charge in [-0.05, 0) is 0 Å². The van der Waals surface area contributed by atoms with Crippen LogP contribution in [0.3, 0.4) is 0 Å². The van der Waals surface area contributed by atoms with Gasteiger partial charge < -0.3 is 14.5 Å². The molecular formula is C12H11ClN6O6. The fourth-order valence-electron chi connectivity index (χ4n) is 2.44. The molecule has 1 unspecified atom stereocenters. The molecule has 2 aromatic heterocycles. The van der Waals surface area contributed by atoms with E-state index in [9.17, 15) is 19.2 Å². The third-order valence-corrected chi connectivity index (χ3v) is 4.17. The fourth-order valence-corrected chi connectivity index (χ4v) is 2.82. The van der Waals surface area contributed by atoms with Gasteiger partial charge >= 0.3 is 11.9 Å². The molecule has 1 saturated heterocycles. The Morgan fingerprint density at radius 3 is 2.56 bits per heavy atom. The standard InChI is InChI=1S/C12H11ClN6O6/c1-24-9(22)12(10(23)25-2)5(13)8(21)19(12)18-11-16-6-4(7(20)17-11)14-3-15-6/h3,5H,1-2H3,(H3,14,15,16,17,18,20). The highest BCUT2D eigenvalue weighted by Gasteiger charge is 2.72. The molecule has 1 amide bonds. The van der Waals surface area contributed by atoms with Gasteiger partial charge in [0.2, 0.25) is 5.95 Å². The minimum Gasteiger partial charge on any atom is -0.467 e. The number of hydrogen-bond donors (Lipinski definition) is 3. The Balaban J connectivity index is 2.03. The summed E-state index contributed by atoms with van der Waals surface area (Å²) in [6.45, 7) is 0. The monoisotopic (exact) mass is 370 g/mol. The Hall–Kier alpha value is -3.15. The van der Waals surface area contributed by atoms with Gasteiger partial charge in [0, 0.05) is 0 Å². The summed E-state index contributed by atoms with van der Waals surface area (Å²) < 4.78 is 9.16. The summed E-state index contributed by atoms with van der Waals surface area (Å²) >= 11 is 5.90. The second-order valence-electron chi connectivity index (χ2n) is 4.91. The van der Waals surface area contributed by atoms with Crippen LogP contribution in [0, 0.1) is 0 Å². The van der Waals surface area contributed by atoms with Gasteiger partial charge in [-0.3, -0.25) is 20.0 Å². The molecule has 132 valence electrons. The first-order valence-electron chi connectivity index (χ1n) is 6.73. The molecule has 1 aliphatic rings. The molecule has 0 spiro atoms. The first-order valence-corrected chi connectivity index (χ1v) is 7.16. The van der Waals surface area contributed by atoms with Crippen molar-refractivity contribution in [2.75, 3.05) is 19.6 Å². The number of fused-ring (bicyclic) bond motifs is 1. The van der Waals surface area contributed by atoms with Gasteiger partial charge in [0.15, 0.2) is 16.5 Å². The highest BCUT2D eigenvalue weighted by molar-refractivity contribution is 6.41. The van der Waals surface area contributed by atoms with Crippen molar-refractivity contribution in [2.24, 2.45) is 0 Å². The third-order valence-electron chi connectivity index (χ3n) is 3.66. The van der Waals surface area contributed by atoms with Crippen LogP contribution in [0.4, 0.5) is 5.95 Å². The van der Waals surface area contributed by atoms with Crippen LogP contribution in [0.5, 0.6) is 0 Å². The molecule has 3 rings (SSSR count). The molecular weight excluding hydrogens is 360 g/mol. The van der Waals surface area contributed by atoms with E-state index in [2.05, 4.69) is 34.8 Å². The number of carbonyl (C=O) groups is 3. The molecule has 1 fully saturated rings. The third kappa shape index (κ3) is 2.14. The summed E-state index contributed by atoms with van der Waals surface area (Å²) in [6.07, 6.45) is 1.26. The zero-order valence-electron chi connectivity index (χ0n) is 12.8. The van der Waals surface area contributed by atoms with Crippen LogP contribution in [0.1, 0.15) is 0 Å². The Kier molecular flexibility index (Phi) is 3.83. The summed E-state index contributed by atoms with van der Waals surface area (Å²) in [4.78, 5) is 61.0. The lowest BCUT2D eigenvalue weighted by Gasteiger charge is -2.49. The molecule has 13 heteroatoms. The van der Waals surface area contributed by atoms with Crippen LogP contribution in [-0.4, -0.2) is 67.9 Å². The number of halogens is 1. The van der Waals surface area contributed by atoms with E-state index in [0.29, 0.717) is 5.01 Å². The Morgan fingerprint density at radius 1 is 1.32 bits per heavy atom. The van der Waals surface area contributed by atoms with Gasteiger partial charge in [-0.2, -0.15) is 4.98 Å². The largest absolute Gasteiger partial charge is 0.467 e. The topological polar surface area (TPSA) is 159 Å². The van der Waals surface area contributed by atoms with Crippen molar-refractivity contribution in [3.05, 3.63) is 16.7 Å². The molecule has 0 radical (unpaired) electrons. The van der Waals surface area contributed by atoms with Crippen LogP contribution in [0.25, 0.3) is 11.2 Å². The molecule has 1 atom stereocenters. The van der Waals surface area contributed by atoms with Gasteiger partial charge in [-0.15, -0.1) is 11.6 Å². The maximum absolute atomic E-state index is 12.2. The highest BCUT2D eigenvalue weighted by atomic mass is 35.5. The first kappa shape index (κ1) is 16.7. The van der Waals surface area contributed by atoms with Gasteiger partial charge in [-0.25, -0.2) is 19.6 Å². The zero-order chi connectivity index (χ0) is 18.4. The number of esters is 2. The number of ether oxygens (including phenoxy) is 2. The molecule has 12 nitrogen and oxygen atoms in total. The summed E-state index contributed by atoms with van der Waals surface area (Å²) in [7, 11) is 2.04. The Bertz CT molecular complexity index is 922. The number of β-lactam (4-membered cyclic amide) rings is 1. The number of nitrogens with one attached hydrogen (secondary N) is 3. The van der Waals surface area contributed by atoms with E-state index in [1.54, 1.807) is 0 Å². The van der Waals surface area contributed by atoms with Crippen LogP contribution in [-0.2, 0) is 23.9 Å². The lowest BCUT2D eigenvalue weighted by atomic mass is 9.85. The summed E-state index contributed by atoms with van der Waals surface area (Å²) in [5, 5.41) is -0.959. The Labute approximate surface area is 143 Å². The zero-order valence-corrected chi connectivity index (χ0v) is 13.6. The summed E-state index contributed by atoms with van der Waals surface area (Å²) in [5.74, 6) is -3.29. The summed E-state index contributed by atoms with van der Waals surface area (Å²) in [6, 6.07) is 0. The van der Waals surface area contributed by atoms with Crippen LogP contribution < -0.4 is 11.0 Å². The van der Waals surface area contributed by atoms with Crippen molar-refractivity contribution in [2.45, 2.75) is 10.9 Å². The lowest BCUT2D eigenvalue weighted by molar-refractivity contribution is -0.187. The predicted octanol–water partition coefficient (Wildman–Crippen LogP) is -1.49. The van der Waals surface area contributed by atoms with Gasteiger partial charge in [0.25, 0.3) is 17.0 Å². The maximum atomic E-state index is 12.2. The number of aromatic amines is 2. The maximum Gasteiger partial charge on any atom is 0.347 e. The van der Waals surface area contributed by atoms with Crippen molar-refractivity contribution < 1.29 is 23.9 Å². The molecule has 25 heavy (non-hydrogen) atoms. The molecule has 3 N–H and O–H groups in total. The minimum absolute atomic E-state index is 0.0587. The Morgan fingerprint density at radius 2 is 1.96 bits per heavy atom. The number of alkyl halides is 1. The highest BCUT2D eigenvalue weighted by Crippen LogP contribution is 2.38. The second-order valence-corrected chi connectivity index (χ2v) is 5.35. The number of hydrazine groups is 1. The van der Waals surface area contributed by atoms with Crippen molar-refractivity contribution in [3.63, 3.8) is 0 Å². The number of nitrogens with zero attached hydrogens (tertiary/aromatic N) is 3. The lowest BCUT2D eigenvalue weighted by Crippen LogP contribution is -2.81. The van der Waals surface area contributed by atoms with Crippen LogP contribution in [0.2, 0.25) is 0 Å². The quantitative estimate of drug-likeness (QED) is 0.252. The predicted molar refractivity (Wildman–Crippen MR) is 81.4 cm³/mol. The van der Waals surface area contributed by atoms with Crippen molar-refractivity contribution in [1.29, 1.82) is 0 Å². The van der Waals surface area contributed by atoms with Crippen molar-refractivity contribution >= 4 is 46.6 Å². The van der Waals surface area contributed by atoms with Crippen LogP contribution in [0.15, 0.2) is 11.1 Å². The number of amides is 1. The van der Waals surface area contributed by atoms with Gasteiger partial charge in [0.1, 0.15) is 0 Å². The van der Waals surface area contributed by atoms with Crippen molar-refractivity contribution in [1.82, 2.24) is 24.9 Å². The fraction of sp³-hybridized carbons (Fsp3) is 0.333.